The summed E-state index contributed by atoms with van der Waals surface area (Å²) in [5.74, 6) is 0.347. The molecular weight excluding hydrogens is 318 g/mol. The van der Waals surface area contributed by atoms with Gasteiger partial charge in [0.25, 0.3) is 5.91 Å². The first-order valence-corrected chi connectivity index (χ1v) is 8.67. The first-order chi connectivity index (χ1) is 12.2. The minimum Gasteiger partial charge on any atom is -0.447 e. The van der Waals surface area contributed by atoms with Gasteiger partial charge in [0.05, 0.1) is 13.2 Å². The first-order valence-electron chi connectivity index (χ1n) is 8.67. The Kier molecular flexibility index (Phi) is 5.83. The molecular formula is C19H25N3O3. The molecule has 1 aliphatic rings. The van der Waals surface area contributed by atoms with Crippen molar-refractivity contribution in [3.8, 4) is 0 Å². The third-order valence-corrected chi connectivity index (χ3v) is 4.25. The molecule has 134 valence electrons. The maximum atomic E-state index is 12.0. The van der Waals surface area contributed by atoms with E-state index in [1.54, 1.807) is 7.11 Å². The summed E-state index contributed by atoms with van der Waals surface area (Å²) in [4.78, 5) is 18.7. The molecule has 25 heavy (non-hydrogen) atoms. The van der Waals surface area contributed by atoms with E-state index >= 15 is 0 Å². The number of benzene rings is 1. The molecule has 1 aliphatic carbocycles. The van der Waals surface area contributed by atoms with Crippen molar-refractivity contribution in [3.63, 3.8) is 0 Å². The number of carbonyl (C=O) groups excluding carboxylic acids is 1. The fourth-order valence-corrected chi connectivity index (χ4v) is 2.82. The zero-order chi connectivity index (χ0) is 17.6. The van der Waals surface area contributed by atoms with Crippen LogP contribution in [0.25, 0.3) is 0 Å². The molecule has 0 radical (unpaired) electrons. The second kappa shape index (κ2) is 8.27. The highest BCUT2D eigenvalue weighted by Crippen LogP contribution is 2.29. The summed E-state index contributed by atoms with van der Waals surface area (Å²) in [5.41, 5.74) is 2.87. The van der Waals surface area contributed by atoms with Crippen LogP contribution in [-0.4, -0.2) is 42.1 Å². The lowest BCUT2D eigenvalue weighted by Crippen LogP contribution is -2.27. The standard InChI is InChI=1S/C19H25N3O3/c1-14-4-3-5-15(10-14)11-22(16-6-7-16)12-18-21-17(13-25-18)19(23)20-8-9-24-2/h3-5,10,13,16H,6-9,11-12H2,1-2H3,(H,20,23). The normalized spacial score (nSPS) is 14.0. The lowest BCUT2D eigenvalue weighted by Gasteiger charge is -2.20. The minimum absolute atomic E-state index is 0.233. The Hall–Kier alpha value is -2.18. The quantitative estimate of drug-likeness (QED) is 0.709. The fraction of sp³-hybridized carbons (Fsp3) is 0.474. The molecule has 6 nitrogen and oxygen atoms in total. The van der Waals surface area contributed by atoms with E-state index in [4.69, 9.17) is 9.15 Å². The van der Waals surface area contributed by atoms with Crippen LogP contribution >= 0.6 is 0 Å². The van der Waals surface area contributed by atoms with Gasteiger partial charge in [0.15, 0.2) is 5.69 Å². The molecule has 0 atom stereocenters. The van der Waals surface area contributed by atoms with Crippen LogP contribution in [0, 0.1) is 6.92 Å². The van der Waals surface area contributed by atoms with Crippen molar-refractivity contribution in [2.75, 3.05) is 20.3 Å². The summed E-state index contributed by atoms with van der Waals surface area (Å²) in [6.07, 6.45) is 3.84. The number of ether oxygens (including phenoxy) is 1. The van der Waals surface area contributed by atoms with E-state index in [1.165, 1.54) is 30.2 Å². The van der Waals surface area contributed by atoms with Crippen LogP contribution in [0.5, 0.6) is 0 Å². The number of aryl methyl sites for hydroxylation is 1. The number of hydrogen-bond donors (Lipinski definition) is 1. The summed E-state index contributed by atoms with van der Waals surface area (Å²) < 4.78 is 10.4. The van der Waals surface area contributed by atoms with Crippen LogP contribution < -0.4 is 5.32 Å². The van der Waals surface area contributed by atoms with Gasteiger partial charge in [0, 0.05) is 26.2 Å². The lowest BCUT2D eigenvalue weighted by atomic mass is 10.1. The molecule has 0 bridgehead atoms. The summed E-state index contributed by atoms with van der Waals surface area (Å²) >= 11 is 0. The van der Waals surface area contributed by atoms with Crippen molar-refractivity contribution in [2.45, 2.75) is 38.9 Å². The van der Waals surface area contributed by atoms with Gasteiger partial charge >= 0.3 is 0 Å². The van der Waals surface area contributed by atoms with E-state index in [2.05, 4.69) is 46.4 Å². The second-order valence-electron chi connectivity index (χ2n) is 6.50. The molecule has 1 fully saturated rings. The molecule has 0 saturated heterocycles. The van der Waals surface area contributed by atoms with Crippen LogP contribution in [-0.2, 0) is 17.8 Å². The van der Waals surface area contributed by atoms with Gasteiger partial charge in [-0.15, -0.1) is 0 Å². The van der Waals surface area contributed by atoms with Crippen LogP contribution in [0.3, 0.4) is 0 Å². The highest BCUT2D eigenvalue weighted by Gasteiger charge is 2.30. The van der Waals surface area contributed by atoms with Gasteiger partial charge in [-0.3, -0.25) is 9.69 Å². The van der Waals surface area contributed by atoms with Gasteiger partial charge < -0.3 is 14.5 Å². The summed E-state index contributed by atoms with van der Waals surface area (Å²) in [5, 5.41) is 2.75. The van der Waals surface area contributed by atoms with Crippen LogP contribution in [0.2, 0.25) is 0 Å². The van der Waals surface area contributed by atoms with E-state index in [0.29, 0.717) is 37.3 Å². The smallest absolute Gasteiger partial charge is 0.273 e. The Bertz CT molecular complexity index is 709. The maximum Gasteiger partial charge on any atom is 0.273 e. The Morgan fingerprint density at radius 2 is 2.24 bits per heavy atom. The Morgan fingerprint density at radius 1 is 1.40 bits per heavy atom. The third-order valence-electron chi connectivity index (χ3n) is 4.25. The molecule has 1 N–H and O–H groups in total. The number of hydrogen-bond acceptors (Lipinski definition) is 5. The van der Waals surface area contributed by atoms with E-state index in [-0.39, 0.29) is 5.91 Å². The predicted octanol–water partition coefficient (Wildman–Crippen LogP) is 2.52. The molecule has 0 spiro atoms. The maximum absolute atomic E-state index is 12.0. The number of aromatic nitrogens is 1. The largest absolute Gasteiger partial charge is 0.447 e. The van der Waals surface area contributed by atoms with Crippen molar-refractivity contribution in [2.24, 2.45) is 0 Å². The molecule has 1 amide bonds. The number of amides is 1. The number of carbonyl (C=O) groups is 1. The Labute approximate surface area is 148 Å². The van der Waals surface area contributed by atoms with Crippen molar-refractivity contribution < 1.29 is 13.9 Å². The predicted molar refractivity (Wildman–Crippen MR) is 94.2 cm³/mol. The van der Waals surface area contributed by atoms with Gasteiger partial charge in [-0.1, -0.05) is 29.8 Å². The van der Waals surface area contributed by atoms with Gasteiger partial charge in [0.2, 0.25) is 5.89 Å². The first kappa shape index (κ1) is 17.6. The Morgan fingerprint density at radius 3 is 2.96 bits per heavy atom. The molecule has 3 rings (SSSR count). The molecule has 0 unspecified atom stereocenters. The third kappa shape index (κ3) is 5.14. The molecule has 6 heteroatoms. The van der Waals surface area contributed by atoms with E-state index in [1.807, 2.05) is 0 Å². The topological polar surface area (TPSA) is 67.6 Å². The van der Waals surface area contributed by atoms with E-state index in [9.17, 15) is 4.79 Å². The SMILES string of the molecule is COCCNC(=O)c1coc(CN(Cc2cccc(C)c2)C2CC2)n1. The molecule has 1 aromatic heterocycles. The van der Waals surface area contributed by atoms with E-state index < -0.39 is 0 Å². The highest BCUT2D eigenvalue weighted by atomic mass is 16.5. The van der Waals surface area contributed by atoms with Crippen LogP contribution in [0.15, 0.2) is 34.9 Å². The second-order valence-corrected chi connectivity index (χ2v) is 6.50. The molecule has 1 saturated carbocycles. The summed E-state index contributed by atoms with van der Waals surface area (Å²) in [6, 6.07) is 9.12. The Balaban J connectivity index is 1.60. The van der Waals surface area contributed by atoms with Gasteiger partial charge in [-0.05, 0) is 25.3 Å². The zero-order valence-electron chi connectivity index (χ0n) is 14.8. The number of oxazole rings is 1. The van der Waals surface area contributed by atoms with Gasteiger partial charge in [-0.25, -0.2) is 4.98 Å². The molecule has 2 aromatic rings. The zero-order valence-corrected chi connectivity index (χ0v) is 14.8. The van der Waals surface area contributed by atoms with Crippen LogP contribution in [0.4, 0.5) is 0 Å². The summed E-state index contributed by atoms with van der Waals surface area (Å²) in [7, 11) is 1.60. The van der Waals surface area contributed by atoms with Gasteiger partial charge in [0.1, 0.15) is 6.26 Å². The van der Waals surface area contributed by atoms with Crippen molar-refractivity contribution in [3.05, 3.63) is 53.2 Å². The minimum atomic E-state index is -0.233. The van der Waals surface area contributed by atoms with Crippen molar-refractivity contribution in [1.82, 2.24) is 15.2 Å². The fourth-order valence-electron chi connectivity index (χ4n) is 2.82. The molecule has 1 heterocycles. The summed E-state index contributed by atoms with van der Waals surface area (Å²) in [6.45, 7) is 4.52. The highest BCUT2D eigenvalue weighted by molar-refractivity contribution is 5.91. The van der Waals surface area contributed by atoms with E-state index in [0.717, 1.165) is 6.54 Å². The average Bonchev–Trinajstić information content (AvgIpc) is 3.34. The number of rotatable bonds is 9. The van der Waals surface area contributed by atoms with Crippen molar-refractivity contribution in [1.29, 1.82) is 0 Å². The lowest BCUT2D eigenvalue weighted by molar-refractivity contribution is 0.0932. The molecule has 0 aliphatic heterocycles. The van der Waals surface area contributed by atoms with Gasteiger partial charge in [-0.2, -0.15) is 0 Å². The molecule has 1 aromatic carbocycles. The van der Waals surface area contributed by atoms with Crippen molar-refractivity contribution >= 4 is 5.91 Å². The number of nitrogens with one attached hydrogen (secondary N) is 1. The number of methoxy groups -OCH3 is 1. The number of nitrogens with zero attached hydrogens (tertiary/aromatic N) is 2. The average molecular weight is 343 g/mol. The van der Waals surface area contributed by atoms with Crippen LogP contribution in [0.1, 0.15) is 40.3 Å². The monoisotopic (exact) mass is 343 g/mol.